The van der Waals surface area contributed by atoms with Crippen LogP contribution in [0.25, 0.3) is 21.7 Å². The Morgan fingerprint density at radius 1 is 0.900 bits per heavy atom. The molecule has 1 aliphatic heterocycles. The largest absolute Gasteiger partial charge is 0.480 e. The number of nitrogens with zero attached hydrogens (tertiary/aromatic N) is 2. The average molecular weight is 396 g/mol. The lowest BCUT2D eigenvalue weighted by molar-refractivity contribution is -0.145. The molecule has 0 saturated carbocycles. The zero-order chi connectivity index (χ0) is 20.5. The lowest BCUT2D eigenvalue weighted by atomic mass is 9.91. The molecule has 150 valence electrons. The van der Waals surface area contributed by atoms with Gasteiger partial charge in [0.05, 0.1) is 17.3 Å². The predicted molar refractivity (Wildman–Crippen MR) is 120 cm³/mol. The molecule has 1 aliphatic rings. The average Bonchev–Trinajstić information content (AvgIpc) is 2.79. The topological polar surface area (TPSA) is 53.4 Å². The van der Waals surface area contributed by atoms with E-state index in [1.54, 1.807) is 0 Å². The predicted octanol–water partition coefficient (Wildman–Crippen LogP) is 5.42. The van der Waals surface area contributed by atoms with Gasteiger partial charge in [-0.1, -0.05) is 73.2 Å². The number of hydrogen-bond donors (Lipinski definition) is 1. The number of rotatable bonds is 4. The minimum atomic E-state index is -0.749. The van der Waals surface area contributed by atoms with Gasteiger partial charge >= 0.3 is 5.97 Å². The maximum absolute atomic E-state index is 12.1. The Balaban J connectivity index is 1.73. The van der Waals surface area contributed by atoms with E-state index in [2.05, 4.69) is 53.4 Å². The van der Waals surface area contributed by atoms with E-state index in [4.69, 9.17) is 4.98 Å². The van der Waals surface area contributed by atoms with Crippen LogP contribution in [0.5, 0.6) is 0 Å². The second kappa shape index (κ2) is 7.88. The van der Waals surface area contributed by atoms with Crippen LogP contribution in [0.1, 0.15) is 36.6 Å². The first-order valence-corrected chi connectivity index (χ1v) is 10.5. The molecule has 3 aromatic carbocycles. The molecular weight excluding hydrogens is 372 g/mol. The maximum Gasteiger partial charge on any atom is 0.320 e. The van der Waals surface area contributed by atoms with Crippen LogP contribution in [0.3, 0.4) is 0 Å². The van der Waals surface area contributed by atoms with Crippen molar-refractivity contribution in [3.63, 3.8) is 0 Å². The summed E-state index contributed by atoms with van der Waals surface area (Å²) in [7, 11) is 0. The van der Waals surface area contributed by atoms with Crippen molar-refractivity contribution in [1.82, 2.24) is 9.88 Å². The van der Waals surface area contributed by atoms with Crippen molar-refractivity contribution in [2.24, 2.45) is 0 Å². The number of aromatic nitrogens is 1. The monoisotopic (exact) mass is 396 g/mol. The van der Waals surface area contributed by atoms with Crippen LogP contribution in [0.2, 0.25) is 0 Å². The number of carboxylic acids is 1. The molecule has 0 spiro atoms. The fourth-order valence-electron chi connectivity index (χ4n) is 4.76. The fraction of sp³-hybridized carbons (Fsp3) is 0.231. The van der Waals surface area contributed by atoms with Gasteiger partial charge in [0.1, 0.15) is 6.04 Å². The van der Waals surface area contributed by atoms with Gasteiger partial charge in [-0.2, -0.15) is 0 Å². The number of carbonyl (C=O) groups is 1. The number of carboxylic acid groups (broad SMARTS) is 1. The second-order valence-electron chi connectivity index (χ2n) is 7.99. The standard InChI is InChI=1S/C26H24N2O2/c29-26(30)24-14-5-6-17-28(24)25(21-12-7-10-18-8-1-3-11-20(18)21)23-16-15-19-9-2-4-13-22(19)27-23/h1-4,7-13,15-16,24-25H,5-6,14,17H2,(H,29,30). The number of fused-ring (bicyclic) bond motifs is 2. The minimum absolute atomic E-state index is 0.206. The van der Waals surface area contributed by atoms with E-state index in [0.717, 1.165) is 52.3 Å². The Kier molecular flexibility index (Phi) is 4.93. The summed E-state index contributed by atoms with van der Waals surface area (Å²) >= 11 is 0. The summed E-state index contributed by atoms with van der Waals surface area (Å²) in [6.07, 6.45) is 2.61. The third kappa shape index (κ3) is 3.33. The van der Waals surface area contributed by atoms with E-state index in [-0.39, 0.29) is 6.04 Å². The van der Waals surface area contributed by atoms with Crippen LogP contribution in [0.15, 0.2) is 78.9 Å². The molecule has 2 unspecified atom stereocenters. The van der Waals surface area contributed by atoms with Crippen LogP contribution in [-0.2, 0) is 4.79 Å². The van der Waals surface area contributed by atoms with Crippen molar-refractivity contribution in [3.05, 3.63) is 90.1 Å². The number of para-hydroxylation sites is 1. The molecule has 1 aromatic heterocycles. The van der Waals surface area contributed by atoms with Crippen molar-refractivity contribution in [2.45, 2.75) is 31.3 Å². The van der Waals surface area contributed by atoms with Gasteiger partial charge in [0.2, 0.25) is 0 Å². The van der Waals surface area contributed by atoms with Gasteiger partial charge in [-0.3, -0.25) is 14.7 Å². The number of aliphatic carboxylic acids is 1. The number of piperidine rings is 1. The first-order chi connectivity index (χ1) is 14.7. The highest BCUT2D eigenvalue weighted by molar-refractivity contribution is 5.87. The SMILES string of the molecule is O=C(O)C1CCCCN1C(c1ccc2ccccc2n1)c1cccc2ccccc12. The molecule has 1 N–H and O–H groups in total. The van der Waals surface area contributed by atoms with Crippen molar-refractivity contribution < 1.29 is 9.90 Å². The summed E-state index contributed by atoms with van der Waals surface area (Å²) in [6, 6.07) is 26.1. The van der Waals surface area contributed by atoms with Gasteiger partial charge in [0, 0.05) is 5.39 Å². The highest BCUT2D eigenvalue weighted by Gasteiger charge is 2.36. The summed E-state index contributed by atoms with van der Waals surface area (Å²) in [4.78, 5) is 19.3. The van der Waals surface area contributed by atoms with E-state index in [9.17, 15) is 9.90 Å². The van der Waals surface area contributed by atoms with Crippen molar-refractivity contribution >= 4 is 27.6 Å². The molecule has 0 aliphatic carbocycles. The Bertz CT molecular complexity index is 1210. The first-order valence-electron chi connectivity index (χ1n) is 10.5. The molecule has 4 aromatic rings. The Morgan fingerprint density at radius 3 is 2.53 bits per heavy atom. The van der Waals surface area contributed by atoms with Crippen LogP contribution >= 0.6 is 0 Å². The Labute approximate surface area is 175 Å². The zero-order valence-corrected chi connectivity index (χ0v) is 16.7. The molecule has 1 fully saturated rings. The van der Waals surface area contributed by atoms with Crippen molar-refractivity contribution in [3.8, 4) is 0 Å². The van der Waals surface area contributed by atoms with Crippen molar-refractivity contribution in [1.29, 1.82) is 0 Å². The summed E-state index contributed by atoms with van der Waals surface area (Å²) < 4.78 is 0. The van der Waals surface area contributed by atoms with Gasteiger partial charge in [0.15, 0.2) is 0 Å². The Hall–Kier alpha value is -3.24. The second-order valence-corrected chi connectivity index (χ2v) is 7.99. The summed E-state index contributed by atoms with van der Waals surface area (Å²) in [5.74, 6) is -0.749. The molecule has 4 heteroatoms. The van der Waals surface area contributed by atoms with Crippen molar-refractivity contribution in [2.75, 3.05) is 6.54 Å². The normalized spacial score (nSPS) is 18.5. The lowest BCUT2D eigenvalue weighted by Gasteiger charge is -2.39. The van der Waals surface area contributed by atoms with Gasteiger partial charge in [-0.25, -0.2) is 0 Å². The van der Waals surface area contributed by atoms with E-state index in [0.29, 0.717) is 6.42 Å². The lowest BCUT2D eigenvalue weighted by Crippen LogP contribution is -2.47. The first kappa shape index (κ1) is 18.8. The molecule has 30 heavy (non-hydrogen) atoms. The molecule has 2 atom stereocenters. The molecule has 2 heterocycles. The molecular formula is C26H24N2O2. The van der Waals surface area contributed by atoms with E-state index in [1.165, 1.54) is 0 Å². The third-order valence-corrected chi connectivity index (χ3v) is 6.18. The quantitative estimate of drug-likeness (QED) is 0.501. The maximum atomic E-state index is 12.1. The molecule has 0 amide bonds. The molecule has 5 rings (SSSR count). The number of likely N-dealkylation sites (tertiary alicyclic amines) is 1. The number of pyridine rings is 1. The molecule has 4 nitrogen and oxygen atoms in total. The van der Waals surface area contributed by atoms with Crippen LogP contribution in [0.4, 0.5) is 0 Å². The molecule has 0 bridgehead atoms. The third-order valence-electron chi connectivity index (χ3n) is 6.18. The van der Waals surface area contributed by atoms with Crippen LogP contribution < -0.4 is 0 Å². The van der Waals surface area contributed by atoms with E-state index < -0.39 is 12.0 Å². The van der Waals surface area contributed by atoms with E-state index in [1.807, 2.05) is 30.3 Å². The fourth-order valence-corrected chi connectivity index (χ4v) is 4.76. The van der Waals surface area contributed by atoms with Gasteiger partial charge in [-0.05, 0) is 47.9 Å². The van der Waals surface area contributed by atoms with E-state index >= 15 is 0 Å². The van der Waals surface area contributed by atoms with Gasteiger partial charge in [0.25, 0.3) is 0 Å². The Morgan fingerprint density at radius 2 is 1.67 bits per heavy atom. The van der Waals surface area contributed by atoms with Gasteiger partial charge in [-0.15, -0.1) is 0 Å². The summed E-state index contributed by atoms with van der Waals surface area (Å²) in [5.41, 5.74) is 2.95. The van der Waals surface area contributed by atoms with Crippen LogP contribution in [0, 0.1) is 0 Å². The summed E-state index contributed by atoms with van der Waals surface area (Å²) in [5, 5.41) is 13.4. The molecule has 1 saturated heterocycles. The highest BCUT2D eigenvalue weighted by Crippen LogP contribution is 2.37. The molecule has 0 radical (unpaired) electrons. The smallest absolute Gasteiger partial charge is 0.320 e. The number of hydrogen-bond acceptors (Lipinski definition) is 3. The van der Waals surface area contributed by atoms with Crippen LogP contribution in [-0.4, -0.2) is 33.5 Å². The van der Waals surface area contributed by atoms with Gasteiger partial charge < -0.3 is 5.11 Å². The minimum Gasteiger partial charge on any atom is -0.480 e. The number of benzene rings is 3. The summed E-state index contributed by atoms with van der Waals surface area (Å²) in [6.45, 7) is 0.749. The highest BCUT2D eigenvalue weighted by atomic mass is 16.4. The zero-order valence-electron chi connectivity index (χ0n) is 16.7.